The maximum absolute atomic E-state index is 13.0. The Kier molecular flexibility index (Phi) is 6.43. The van der Waals surface area contributed by atoms with Crippen LogP contribution in [-0.2, 0) is 20.7 Å². The van der Waals surface area contributed by atoms with Gasteiger partial charge >= 0.3 is 12.1 Å². The Labute approximate surface area is 158 Å². The van der Waals surface area contributed by atoms with E-state index in [9.17, 15) is 19.5 Å². The lowest BCUT2D eigenvalue weighted by molar-refractivity contribution is -0.149. The number of amides is 2. The van der Waals surface area contributed by atoms with Crippen molar-refractivity contribution < 1.29 is 24.2 Å². The van der Waals surface area contributed by atoms with Crippen LogP contribution in [0.1, 0.15) is 32.8 Å². The summed E-state index contributed by atoms with van der Waals surface area (Å²) in [5.41, 5.74) is 5.98. The normalized spacial score (nSPS) is 20.8. The van der Waals surface area contributed by atoms with E-state index in [4.69, 9.17) is 10.5 Å². The van der Waals surface area contributed by atoms with Crippen molar-refractivity contribution in [2.24, 2.45) is 5.73 Å². The van der Waals surface area contributed by atoms with Gasteiger partial charge in [0.15, 0.2) is 0 Å². The average Bonchev–Trinajstić information content (AvgIpc) is 2.95. The molecule has 2 rings (SSSR count). The monoisotopic (exact) mass is 377 g/mol. The molecule has 3 atom stereocenters. The standard InChI is InChI=1S/C19H27N3O5/c1-19(2,3)27-18(26)21-14(9-12-7-5-4-6-8-12)16(23)22-11-13(20)10-15(22)17(24)25/h4-8,13-15H,9-11,20H2,1-3H3,(H,21,26)(H,24,25)/t13-,14-,15-/m0/s1. The second-order valence-corrected chi connectivity index (χ2v) is 7.73. The molecule has 0 saturated carbocycles. The van der Waals surface area contributed by atoms with Gasteiger partial charge in [-0.05, 0) is 32.8 Å². The molecular formula is C19H27N3O5. The highest BCUT2D eigenvalue weighted by molar-refractivity contribution is 5.90. The summed E-state index contributed by atoms with van der Waals surface area (Å²) in [6.07, 6.45) is -0.324. The summed E-state index contributed by atoms with van der Waals surface area (Å²) >= 11 is 0. The molecule has 148 valence electrons. The molecule has 1 fully saturated rings. The number of carbonyl (C=O) groups excluding carboxylic acids is 2. The Morgan fingerprint density at radius 2 is 1.93 bits per heavy atom. The maximum atomic E-state index is 13.0. The number of carboxylic acid groups (broad SMARTS) is 1. The Morgan fingerprint density at radius 1 is 1.30 bits per heavy atom. The van der Waals surface area contributed by atoms with Gasteiger partial charge in [-0.25, -0.2) is 9.59 Å². The number of hydrogen-bond acceptors (Lipinski definition) is 5. The Balaban J connectivity index is 2.21. The quantitative estimate of drug-likeness (QED) is 0.707. The zero-order valence-electron chi connectivity index (χ0n) is 15.8. The molecule has 0 aliphatic carbocycles. The van der Waals surface area contributed by atoms with Crippen LogP contribution in [0.15, 0.2) is 30.3 Å². The highest BCUT2D eigenvalue weighted by Gasteiger charge is 2.41. The molecule has 0 radical (unpaired) electrons. The molecule has 0 unspecified atom stereocenters. The lowest BCUT2D eigenvalue weighted by atomic mass is 10.0. The van der Waals surface area contributed by atoms with Crippen molar-refractivity contribution in [3.05, 3.63) is 35.9 Å². The minimum absolute atomic E-state index is 0.136. The second-order valence-electron chi connectivity index (χ2n) is 7.73. The van der Waals surface area contributed by atoms with Crippen LogP contribution in [0.3, 0.4) is 0 Å². The largest absolute Gasteiger partial charge is 0.480 e. The molecule has 27 heavy (non-hydrogen) atoms. The smallest absolute Gasteiger partial charge is 0.408 e. The van der Waals surface area contributed by atoms with Crippen molar-refractivity contribution in [3.63, 3.8) is 0 Å². The van der Waals surface area contributed by atoms with Gasteiger partial charge in [-0.1, -0.05) is 30.3 Å². The summed E-state index contributed by atoms with van der Waals surface area (Å²) in [5, 5.41) is 12.0. The maximum Gasteiger partial charge on any atom is 0.408 e. The van der Waals surface area contributed by atoms with Crippen molar-refractivity contribution >= 4 is 18.0 Å². The molecule has 0 bridgehead atoms. The molecule has 8 heteroatoms. The van der Waals surface area contributed by atoms with Crippen LogP contribution >= 0.6 is 0 Å². The summed E-state index contributed by atoms with van der Waals surface area (Å²) in [7, 11) is 0. The fraction of sp³-hybridized carbons (Fsp3) is 0.526. The molecule has 2 amide bonds. The average molecular weight is 377 g/mol. The first-order chi connectivity index (χ1) is 12.6. The van der Waals surface area contributed by atoms with Gasteiger partial charge in [-0.3, -0.25) is 4.79 Å². The number of benzene rings is 1. The van der Waals surface area contributed by atoms with Crippen LogP contribution < -0.4 is 11.1 Å². The molecule has 0 spiro atoms. The van der Waals surface area contributed by atoms with Gasteiger partial charge in [0.1, 0.15) is 17.7 Å². The fourth-order valence-corrected chi connectivity index (χ4v) is 3.05. The number of ether oxygens (including phenoxy) is 1. The molecule has 1 saturated heterocycles. The number of carboxylic acids is 1. The SMILES string of the molecule is CC(C)(C)OC(=O)N[C@@H](Cc1ccccc1)C(=O)N1C[C@@H](N)C[C@H]1C(=O)O. The van der Waals surface area contributed by atoms with Crippen molar-refractivity contribution in [1.82, 2.24) is 10.2 Å². The number of nitrogens with one attached hydrogen (secondary N) is 1. The van der Waals surface area contributed by atoms with Crippen LogP contribution in [0.4, 0.5) is 4.79 Å². The van der Waals surface area contributed by atoms with E-state index in [1.165, 1.54) is 4.90 Å². The zero-order valence-corrected chi connectivity index (χ0v) is 15.8. The van der Waals surface area contributed by atoms with Gasteiger partial charge < -0.3 is 25.8 Å². The van der Waals surface area contributed by atoms with Crippen LogP contribution in [0.5, 0.6) is 0 Å². The predicted molar refractivity (Wildman–Crippen MR) is 99.0 cm³/mol. The number of rotatable bonds is 5. The van der Waals surface area contributed by atoms with Gasteiger partial charge in [0.05, 0.1) is 0 Å². The number of aliphatic carboxylic acids is 1. The van der Waals surface area contributed by atoms with Crippen molar-refractivity contribution in [3.8, 4) is 0 Å². The van der Waals surface area contributed by atoms with Crippen molar-refractivity contribution in [2.75, 3.05) is 6.54 Å². The molecule has 4 N–H and O–H groups in total. The lowest BCUT2D eigenvalue weighted by Crippen LogP contribution is -2.53. The van der Waals surface area contributed by atoms with E-state index in [1.807, 2.05) is 30.3 Å². The summed E-state index contributed by atoms with van der Waals surface area (Å²) in [6.45, 7) is 5.30. The number of alkyl carbamates (subject to hydrolysis) is 1. The molecule has 1 aromatic carbocycles. The van der Waals surface area contributed by atoms with Gasteiger partial charge in [0, 0.05) is 19.0 Å². The third kappa shape index (κ3) is 5.96. The number of nitrogens with zero attached hydrogens (tertiary/aromatic N) is 1. The molecule has 0 aromatic heterocycles. The van der Waals surface area contributed by atoms with E-state index in [0.29, 0.717) is 0 Å². The van der Waals surface area contributed by atoms with Gasteiger partial charge in [-0.15, -0.1) is 0 Å². The topological polar surface area (TPSA) is 122 Å². The Morgan fingerprint density at radius 3 is 2.48 bits per heavy atom. The van der Waals surface area contributed by atoms with Crippen molar-refractivity contribution in [2.45, 2.75) is 57.3 Å². The minimum Gasteiger partial charge on any atom is -0.480 e. The Hall–Kier alpha value is -2.61. The third-order valence-electron chi connectivity index (χ3n) is 4.17. The minimum atomic E-state index is -1.10. The van der Waals surface area contributed by atoms with Crippen LogP contribution in [0.25, 0.3) is 0 Å². The first-order valence-electron chi connectivity index (χ1n) is 8.89. The summed E-state index contributed by atoms with van der Waals surface area (Å²) in [5.74, 6) is -1.59. The van der Waals surface area contributed by atoms with E-state index in [-0.39, 0.29) is 19.4 Å². The molecule has 1 aromatic rings. The fourth-order valence-electron chi connectivity index (χ4n) is 3.05. The highest BCUT2D eigenvalue weighted by atomic mass is 16.6. The van der Waals surface area contributed by atoms with Gasteiger partial charge in [0.25, 0.3) is 0 Å². The molecular weight excluding hydrogens is 350 g/mol. The third-order valence-corrected chi connectivity index (χ3v) is 4.17. The molecule has 1 aliphatic heterocycles. The first-order valence-corrected chi connectivity index (χ1v) is 8.89. The molecule has 8 nitrogen and oxygen atoms in total. The number of carbonyl (C=O) groups is 3. The summed E-state index contributed by atoms with van der Waals surface area (Å²) in [4.78, 5) is 38.0. The zero-order chi connectivity index (χ0) is 20.2. The van der Waals surface area contributed by atoms with Crippen LogP contribution in [0, 0.1) is 0 Å². The molecule has 1 heterocycles. The van der Waals surface area contributed by atoms with E-state index >= 15 is 0 Å². The predicted octanol–water partition coefficient (Wildman–Crippen LogP) is 1.14. The highest BCUT2D eigenvalue weighted by Crippen LogP contribution is 2.19. The van der Waals surface area contributed by atoms with E-state index in [2.05, 4.69) is 5.32 Å². The van der Waals surface area contributed by atoms with Gasteiger partial charge in [-0.2, -0.15) is 0 Å². The van der Waals surface area contributed by atoms with Crippen molar-refractivity contribution in [1.29, 1.82) is 0 Å². The van der Waals surface area contributed by atoms with Crippen LogP contribution in [0.2, 0.25) is 0 Å². The summed E-state index contributed by atoms with van der Waals surface area (Å²) < 4.78 is 5.25. The number of likely N-dealkylation sites (tertiary alicyclic amines) is 1. The van der Waals surface area contributed by atoms with Gasteiger partial charge in [0.2, 0.25) is 5.91 Å². The van der Waals surface area contributed by atoms with Crippen LogP contribution in [-0.4, -0.2) is 58.2 Å². The number of nitrogens with two attached hydrogens (primary N) is 1. The van der Waals surface area contributed by atoms with E-state index < -0.39 is 41.7 Å². The number of hydrogen-bond donors (Lipinski definition) is 3. The van der Waals surface area contributed by atoms with E-state index in [0.717, 1.165) is 5.56 Å². The second kappa shape index (κ2) is 8.39. The lowest BCUT2D eigenvalue weighted by Gasteiger charge is -2.28. The van der Waals surface area contributed by atoms with E-state index in [1.54, 1.807) is 20.8 Å². The molecule has 1 aliphatic rings. The Bertz CT molecular complexity index is 686. The summed E-state index contributed by atoms with van der Waals surface area (Å²) in [6, 6.07) is 6.83. The first kappa shape index (κ1) is 20.7.